The van der Waals surface area contributed by atoms with Crippen molar-refractivity contribution >= 4 is 35.9 Å². The second kappa shape index (κ2) is 6.07. The summed E-state index contributed by atoms with van der Waals surface area (Å²) in [5, 5.41) is 4.52. The summed E-state index contributed by atoms with van der Waals surface area (Å²) in [7, 11) is 0. The minimum atomic E-state index is -0.430. The maximum atomic E-state index is 13.3. The zero-order valence-electron chi connectivity index (χ0n) is 11.8. The van der Waals surface area contributed by atoms with Crippen LogP contribution in [0.3, 0.4) is 0 Å². The molecule has 0 atom stereocenters. The Hall–Kier alpha value is -2.30. The predicted molar refractivity (Wildman–Crippen MR) is 91.1 cm³/mol. The molecule has 3 aromatic rings. The fourth-order valence-electron chi connectivity index (χ4n) is 2.22. The second-order valence-corrected chi connectivity index (χ2v) is 5.78. The van der Waals surface area contributed by atoms with E-state index in [0.29, 0.717) is 31.9 Å². The minimum absolute atomic E-state index is 0.341. The lowest BCUT2D eigenvalue weighted by Gasteiger charge is -2.00. The van der Waals surface area contributed by atoms with Crippen molar-refractivity contribution in [1.29, 1.82) is 0 Å². The fourth-order valence-corrected chi connectivity index (χ4v) is 2.68. The summed E-state index contributed by atoms with van der Waals surface area (Å²) in [5.41, 5.74) is 0.692. The number of nitrogens with one attached hydrogen (secondary N) is 1. The lowest BCUT2D eigenvalue weighted by atomic mass is 10.2. The van der Waals surface area contributed by atoms with Gasteiger partial charge in [-0.25, -0.2) is 9.07 Å². The highest BCUT2D eigenvalue weighted by Crippen LogP contribution is 2.21. The smallest absolute Gasteiger partial charge is 0.279 e. The molecule has 0 aliphatic carbocycles. The summed E-state index contributed by atoms with van der Waals surface area (Å²) in [6, 6.07) is 10.7. The van der Waals surface area contributed by atoms with Crippen LogP contribution in [0.25, 0.3) is 18.3 Å². The molecule has 3 rings (SSSR count). The van der Waals surface area contributed by atoms with Crippen LogP contribution in [-0.4, -0.2) is 9.78 Å². The van der Waals surface area contributed by atoms with E-state index < -0.39 is 5.82 Å². The Morgan fingerprint density at radius 3 is 2.65 bits per heavy atom. The van der Waals surface area contributed by atoms with Crippen molar-refractivity contribution in [2.45, 2.75) is 0 Å². The highest BCUT2D eigenvalue weighted by molar-refractivity contribution is 6.35. The molecule has 0 bridgehead atoms. The van der Waals surface area contributed by atoms with E-state index in [1.807, 2.05) is 0 Å². The average molecular weight is 349 g/mol. The lowest BCUT2D eigenvalue weighted by molar-refractivity contribution is 0.625. The Bertz CT molecular complexity index is 1050. The average Bonchev–Trinajstić information content (AvgIpc) is 2.78. The first-order valence-corrected chi connectivity index (χ1v) is 7.44. The number of halogens is 3. The summed E-state index contributed by atoms with van der Waals surface area (Å²) in [5.74, 6) is -0.430. The molecule has 0 radical (unpaired) electrons. The molecule has 3 nitrogen and oxygen atoms in total. The number of aromatic amines is 1. The maximum Gasteiger partial charge on any atom is 0.279 e. The Balaban J connectivity index is 2.21. The van der Waals surface area contributed by atoms with Crippen LogP contribution < -0.4 is 16.1 Å². The Morgan fingerprint density at radius 1 is 1.17 bits per heavy atom. The van der Waals surface area contributed by atoms with Crippen molar-refractivity contribution in [3.63, 3.8) is 0 Å². The molecule has 0 saturated heterocycles. The van der Waals surface area contributed by atoms with E-state index in [0.717, 1.165) is 0 Å². The van der Waals surface area contributed by atoms with Gasteiger partial charge in [0.15, 0.2) is 0 Å². The molecule has 0 amide bonds. The molecule has 0 aliphatic heterocycles. The normalized spacial score (nSPS) is 11.9. The van der Waals surface area contributed by atoms with Gasteiger partial charge < -0.3 is 0 Å². The number of hydrogen-bond acceptors (Lipinski definition) is 1. The second-order valence-electron chi connectivity index (χ2n) is 4.93. The van der Waals surface area contributed by atoms with Gasteiger partial charge in [-0.3, -0.25) is 9.89 Å². The summed E-state index contributed by atoms with van der Waals surface area (Å²) >= 11 is 12.0. The molecule has 0 saturated carbocycles. The van der Waals surface area contributed by atoms with Crippen molar-refractivity contribution in [2.75, 3.05) is 0 Å². The van der Waals surface area contributed by atoms with Gasteiger partial charge in [-0.2, -0.15) is 0 Å². The van der Waals surface area contributed by atoms with Crippen molar-refractivity contribution in [3.8, 4) is 5.69 Å². The van der Waals surface area contributed by atoms with Crippen molar-refractivity contribution in [2.24, 2.45) is 0 Å². The molecule has 116 valence electrons. The van der Waals surface area contributed by atoms with Crippen LogP contribution in [0.5, 0.6) is 0 Å². The molecule has 6 heteroatoms. The van der Waals surface area contributed by atoms with Crippen LogP contribution in [0, 0.1) is 5.82 Å². The van der Waals surface area contributed by atoms with E-state index in [1.165, 1.54) is 22.9 Å². The fraction of sp³-hybridized carbons (Fsp3) is 0. The largest absolute Gasteiger partial charge is 0.291 e. The van der Waals surface area contributed by atoms with Gasteiger partial charge in [0.1, 0.15) is 5.82 Å². The van der Waals surface area contributed by atoms with Crippen LogP contribution in [0.1, 0.15) is 5.56 Å². The zero-order valence-corrected chi connectivity index (χ0v) is 13.3. The van der Waals surface area contributed by atoms with Gasteiger partial charge in [0.2, 0.25) is 0 Å². The van der Waals surface area contributed by atoms with Gasteiger partial charge in [-0.05, 0) is 42.0 Å². The minimum Gasteiger partial charge on any atom is -0.291 e. The third kappa shape index (κ3) is 3.09. The maximum absolute atomic E-state index is 13.3. The zero-order chi connectivity index (χ0) is 16.6. The van der Waals surface area contributed by atoms with E-state index in [2.05, 4.69) is 11.7 Å². The number of hydrogen-bond donors (Lipinski definition) is 1. The van der Waals surface area contributed by atoms with Crippen LogP contribution in [0.2, 0.25) is 10.0 Å². The van der Waals surface area contributed by atoms with Crippen LogP contribution >= 0.6 is 23.2 Å². The number of rotatable bonds is 2. The molecule has 23 heavy (non-hydrogen) atoms. The molecular formula is C17H11Cl2FN2O. The van der Waals surface area contributed by atoms with Gasteiger partial charge in [0, 0.05) is 10.0 Å². The van der Waals surface area contributed by atoms with Crippen LogP contribution in [0.4, 0.5) is 4.39 Å². The summed E-state index contributed by atoms with van der Waals surface area (Å²) in [4.78, 5) is 12.6. The van der Waals surface area contributed by atoms with Gasteiger partial charge >= 0.3 is 0 Å². The molecule has 0 aliphatic rings. The monoisotopic (exact) mass is 348 g/mol. The first-order chi connectivity index (χ1) is 11.0. The Morgan fingerprint density at radius 2 is 1.96 bits per heavy atom. The number of nitrogens with zero attached hydrogens (tertiary/aromatic N) is 1. The van der Waals surface area contributed by atoms with Gasteiger partial charge in [0.05, 0.1) is 16.3 Å². The predicted octanol–water partition coefficient (Wildman–Crippen LogP) is 2.85. The van der Waals surface area contributed by atoms with Crippen molar-refractivity contribution < 1.29 is 4.39 Å². The third-order valence-corrected chi connectivity index (χ3v) is 3.90. The van der Waals surface area contributed by atoms with E-state index in [4.69, 9.17) is 23.2 Å². The molecule has 2 aromatic carbocycles. The molecule has 0 spiro atoms. The van der Waals surface area contributed by atoms with Gasteiger partial charge in [-0.15, -0.1) is 0 Å². The van der Waals surface area contributed by atoms with Crippen molar-refractivity contribution in [3.05, 3.63) is 84.8 Å². The number of aromatic nitrogens is 2. The van der Waals surface area contributed by atoms with Crippen molar-refractivity contribution in [1.82, 2.24) is 9.78 Å². The lowest BCUT2D eigenvalue weighted by Crippen LogP contribution is -2.34. The molecular weight excluding hydrogens is 338 g/mol. The highest BCUT2D eigenvalue weighted by Gasteiger charge is 2.06. The number of H-pyrrole nitrogens is 1. The van der Waals surface area contributed by atoms with E-state index in [1.54, 1.807) is 30.3 Å². The SMILES string of the molecule is C=c1[nH]n(-c2cccc(F)c2)c(=O)c1=Cc1ccc(Cl)cc1Cl. The molecule has 1 aromatic heterocycles. The quantitative estimate of drug-likeness (QED) is 0.759. The molecule has 0 fully saturated rings. The van der Waals surface area contributed by atoms with Gasteiger partial charge in [-0.1, -0.05) is 41.9 Å². The Labute approximate surface area is 140 Å². The summed E-state index contributed by atoms with van der Waals surface area (Å²) in [6.45, 7) is 3.82. The molecule has 1 heterocycles. The summed E-state index contributed by atoms with van der Waals surface area (Å²) in [6.07, 6.45) is 1.62. The van der Waals surface area contributed by atoms with Crippen LogP contribution in [-0.2, 0) is 0 Å². The van der Waals surface area contributed by atoms with E-state index >= 15 is 0 Å². The van der Waals surface area contributed by atoms with E-state index in [-0.39, 0.29) is 5.56 Å². The first kappa shape index (κ1) is 15.6. The van der Waals surface area contributed by atoms with Crippen LogP contribution in [0.15, 0.2) is 47.3 Å². The topological polar surface area (TPSA) is 37.8 Å². The third-order valence-electron chi connectivity index (χ3n) is 3.33. The molecule has 0 unspecified atom stereocenters. The standard InChI is InChI=1S/C17H11Cl2FN2O/c1-10-15(7-11-5-6-12(18)8-16(11)19)17(23)22(21-10)14-4-2-3-13(20)9-14/h2-9,21H,1H2. The Kier molecular flexibility index (Phi) is 4.11. The molecule has 1 N–H and O–H groups in total. The number of benzene rings is 2. The van der Waals surface area contributed by atoms with E-state index in [9.17, 15) is 9.18 Å². The highest BCUT2D eigenvalue weighted by atomic mass is 35.5. The van der Waals surface area contributed by atoms with Gasteiger partial charge in [0.25, 0.3) is 5.56 Å². The first-order valence-electron chi connectivity index (χ1n) is 6.68. The summed E-state index contributed by atoms with van der Waals surface area (Å²) < 4.78 is 14.6.